The van der Waals surface area contributed by atoms with Gasteiger partial charge in [0.1, 0.15) is 0 Å². The van der Waals surface area contributed by atoms with Gasteiger partial charge in [0.15, 0.2) is 0 Å². The summed E-state index contributed by atoms with van der Waals surface area (Å²) in [5.41, 5.74) is 0. The van der Waals surface area contributed by atoms with Crippen LogP contribution in [-0.4, -0.2) is 43.6 Å². The van der Waals surface area contributed by atoms with Crippen LogP contribution >= 0.6 is 11.8 Å². The van der Waals surface area contributed by atoms with Crippen LogP contribution in [0.25, 0.3) is 0 Å². The molecule has 1 heterocycles. The predicted octanol–water partition coefficient (Wildman–Crippen LogP) is 1.16. The van der Waals surface area contributed by atoms with E-state index in [4.69, 9.17) is 0 Å². The summed E-state index contributed by atoms with van der Waals surface area (Å²) < 4.78 is 24.2. The van der Waals surface area contributed by atoms with Crippen LogP contribution in [0.3, 0.4) is 0 Å². The standard InChI is InChI=1S/C8H17NO2S2/c1-12-8-5-3-4-6-9(7-8)13(2,10)11/h8H,3-7H2,1-2H3. The van der Waals surface area contributed by atoms with E-state index in [1.807, 2.05) is 0 Å². The molecule has 0 radical (unpaired) electrons. The molecule has 1 unspecified atom stereocenters. The summed E-state index contributed by atoms with van der Waals surface area (Å²) in [6, 6.07) is 0. The van der Waals surface area contributed by atoms with E-state index in [1.54, 1.807) is 16.1 Å². The van der Waals surface area contributed by atoms with Gasteiger partial charge < -0.3 is 0 Å². The molecule has 0 aromatic rings. The molecule has 1 aliphatic rings. The first kappa shape index (κ1) is 11.3. The van der Waals surface area contributed by atoms with Crippen molar-refractivity contribution in [3.05, 3.63) is 0 Å². The fourth-order valence-corrected chi connectivity index (χ4v) is 3.30. The van der Waals surface area contributed by atoms with E-state index in [0.29, 0.717) is 18.3 Å². The lowest BCUT2D eigenvalue weighted by atomic mass is 10.2. The average molecular weight is 223 g/mol. The summed E-state index contributed by atoms with van der Waals surface area (Å²) in [4.78, 5) is 0. The highest BCUT2D eigenvalue weighted by Crippen LogP contribution is 2.21. The van der Waals surface area contributed by atoms with E-state index in [1.165, 1.54) is 6.26 Å². The summed E-state index contributed by atoms with van der Waals surface area (Å²) >= 11 is 1.77. The van der Waals surface area contributed by atoms with E-state index in [-0.39, 0.29) is 0 Å². The monoisotopic (exact) mass is 223 g/mol. The molecule has 0 aliphatic carbocycles. The minimum Gasteiger partial charge on any atom is -0.213 e. The maximum Gasteiger partial charge on any atom is 0.211 e. The van der Waals surface area contributed by atoms with Gasteiger partial charge in [0.25, 0.3) is 0 Å². The molecule has 0 amide bonds. The Morgan fingerprint density at radius 3 is 2.62 bits per heavy atom. The van der Waals surface area contributed by atoms with Crippen LogP contribution < -0.4 is 0 Å². The highest BCUT2D eigenvalue weighted by Gasteiger charge is 2.23. The second-order valence-electron chi connectivity index (χ2n) is 3.47. The molecule has 0 bridgehead atoms. The Morgan fingerprint density at radius 2 is 2.08 bits per heavy atom. The Balaban J connectivity index is 2.65. The predicted molar refractivity (Wildman–Crippen MR) is 57.6 cm³/mol. The molecule has 5 heteroatoms. The fourth-order valence-electron chi connectivity index (χ4n) is 1.56. The number of hydrogen-bond donors (Lipinski definition) is 0. The van der Waals surface area contributed by atoms with Crippen LogP contribution in [-0.2, 0) is 10.0 Å². The summed E-state index contributed by atoms with van der Waals surface area (Å²) in [5.74, 6) is 0. The zero-order valence-corrected chi connectivity index (χ0v) is 9.83. The Hall–Kier alpha value is 0.260. The summed E-state index contributed by atoms with van der Waals surface area (Å²) in [7, 11) is -2.97. The third-order valence-corrected chi connectivity index (χ3v) is 4.71. The van der Waals surface area contributed by atoms with Crippen molar-refractivity contribution in [1.82, 2.24) is 4.31 Å². The van der Waals surface area contributed by atoms with Gasteiger partial charge in [-0.1, -0.05) is 6.42 Å². The van der Waals surface area contributed by atoms with E-state index in [2.05, 4.69) is 6.26 Å². The largest absolute Gasteiger partial charge is 0.213 e. The number of nitrogens with zero attached hydrogens (tertiary/aromatic N) is 1. The first-order valence-corrected chi connectivity index (χ1v) is 7.65. The van der Waals surface area contributed by atoms with Crippen LogP contribution in [0, 0.1) is 0 Å². The van der Waals surface area contributed by atoms with Gasteiger partial charge in [-0.25, -0.2) is 12.7 Å². The number of thioether (sulfide) groups is 1. The molecule has 0 aromatic carbocycles. The van der Waals surface area contributed by atoms with E-state index >= 15 is 0 Å². The zero-order chi connectivity index (χ0) is 9.90. The topological polar surface area (TPSA) is 37.4 Å². The van der Waals surface area contributed by atoms with Gasteiger partial charge >= 0.3 is 0 Å². The van der Waals surface area contributed by atoms with Crippen molar-refractivity contribution in [2.45, 2.75) is 24.5 Å². The maximum atomic E-state index is 11.3. The highest BCUT2D eigenvalue weighted by atomic mass is 32.2. The summed E-state index contributed by atoms with van der Waals surface area (Å²) in [5, 5.41) is 0.484. The van der Waals surface area contributed by atoms with Gasteiger partial charge in [-0.05, 0) is 19.1 Å². The molecule has 1 saturated heterocycles. The highest BCUT2D eigenvalue weighted by molar-refractivity contribution is 7.99. The molecule has 0 saturated carbocycles. The summed E-state index contributed by atoms with van der Waals surface area (Å²) in [6.45, 7) is 1.40. The minimum atomic E-state index is -2.97. The third kappa shape index (κ3) is 3.48. The molecule has 1 rings (SSSR count). The summed E-state index contributed by atoms with van der Waals surface area (Å²) in [6.07, 6.45) is 6.65. The molecule has 1 atom stereocenters. The minimum absolute atomic E-state index is 0.484. The van der Waals surface area contributed by atoms with E-state index in [9.17, 15) is 8.42 Å². The quantitative estimate of drug-likeness (QED) is 0.705. The van der Waals surface area contributed by atoms with Crippen molar-refractivity contribution >= 4 is 21.8 Å². The molecule has 1 fully saturated rings. The number of hydrogen-bond acceptors (Lipinski definition) is 3. The van der Waals surface area contributed by atoms with Crippen LogP contribution in [0.1, 0.15) is 19.3 Å². The SMILES string of the molecule is CSC1CCCCN(S(C)(=O)=O)C1. The van der Waals surface area contributed by atoms with Crippen molar-refractivity contribution in [1.29, 1.82) is 0 Å². The van der Waals surface area contributed by atoms with Gasteiger partial charge in [-0.3, -0.25) is 0 Å². The van der Waals surface area contributed by atoms with E-state index < -0.39 is 10.0 Å². The van der Waals surface area contributed by atoms with Gasteiger partial charge in [0, 0.05) is 18.3 Å². The second kappa shape index (κ2) is 4.66. The van der Waals surface area contributed by atoms with Crippen molar-refractivity contribution in [2.24, 2.45) is 0 Å². The molecule has 1 aliphatic heterocycles. The van der Waals surface area contributed by atoms with Gasteiger partial charge in [0.05, 0.1) is 6.26 Å². The Morgan fingerprint density at radius 1 is 1.38 bits per heavy atom. The number of rotatable bonds is 2. The Bertz CT molecular complexity index is 251. The maximum absolute atomic E-state index is 11.3. The van der Waals surface area contributed by atoms with Crippen molar-refractivity contribution in [2.75, 3.05) is 25.6 Å². The Labute approximate surface area is 84.9 Å². The van der Waals surface area contributed by atoms with E-state index in [0.717, 1.165) is 19.3 Å². The fraction of sp³-hybridized carbons (Fsp3) is 1.00. The average Bonchev–Trinajstić information content (AvgIpc) is 2.27. The molecule has 13 heavy (non-hydrogen) atoms. The zero-order valence-electron chi connectivity index (χ0n) is 8.19. The lowest BCUT2D eigenvalue weighted by molar-refractivity contribution is 0.431. The molecule has 0 spiro atoms. The molecule has 78 valence electrons. The first-order chi connectivity index (χ1) is 6.04. The lowest BCUT2D eigenvalue weighted by Crippen LogP contribution is -2.34. The van der Waals surface area contributed by atoms with Crippen LogP contribution in [0.15, 0.2) is 0 Å². The molecular formula is C8H17NO2S2. The van der Waals surface area contributed by atoms with Crippen molar-refractivity contribution in [3.63, 3.8) is 0 Å². The third-order valence-electron chi connectivity index (χ3n) is 2.39. The Kier molecular flexibility index (Phi) is 4.06. The second-order valence-corrected chi connectivity index (χ2v) is 6.60. The van der Waals surface area contributed by atoms with Gasteiger partial charge in [-0.2, -0.15) is 11.8 Å². The van der Waals surface area contributed by atoms with Crippen molar-refractivity contribution in [3.8, 4) is 0 Å². The molecule has 0 N–H and O–H groups in total. The smallest absolute Gasteiger partial charge is 0.211 e. The van der Waals surface area contributed by atoms with Crippen LogP contribution in [0.4, 0.5) is 0 Å². The van der Waals surface area contributed by atoms with Crippen molar-refractivity contribution < 1.29 is 8.42 Å². The van der Waals surface area contributed by atoms with Gasteiger partial charge in [-0.15, -0.1) is 0 Å². The number of sulfonamides is 1. The van der Waals surface area contributed by atoms with Crippen LogP contribution in [0.2, 0.25) is 0 Å². The van der Waals surface area contributed by atoms with Gasteiger partial charge in [0.2, 0.25) is 10.0 Å². The molecule has 0 aromatic heterocycles. The molecule has 3 nitrogen and oxygen atoms in total. The first-order valence-electron chi connectivity index (χ1n) is 4.52. The lowest BCUT2D eigenvalue weighted by Gasteiger charge is -2.20. The van der Waals surface area contributed by atoms with Crippen LogP contribution in [0.5, 0.6) is 0 Å². The molecular weight excluding hydrogens is 206 g/mol. The normalized spacial score (nSPS) is 27.1.